The molecule has 2 amide bonds. The molecule has 128 valence electrons. The number of carbonyl (C=O) groups excluding carboxylic acids is 1. The van der Waals surface area contributed by atoms with E-state index in [4.69, 9.17) is 0 Å². The van der Waals surface area contributed by atoms with Gasteiger partial charge in [0, 0.05) is 24.3 Å². The number of aryl methyl sites for hydroxylation is 1. The van der Waals surface area contributed by atoms with Crippen LogP contribution in [0.25, 0.3) is 0 Å². The maximum Gasteiger partial charge on any atom is 0.319 e. The van der Waals surface area contributed by atoms with Crippen molar-refractivity contribution in [2.45, 2.75) is 64.8 Å². The standard InChI is InChI=1S/C19H30N2O2/c1-13(2)16-10-7-8-14(3)18(16)21-19(23)20-17-11-6-4-5-9-15(17)12-22/h7-8,10,13,15,17,22H,4-6,9,11-12H2,1-3H3,(H2,20,21,23). The Bertz CT molecular complexity index is 528. The fourth-order valence-corrected chi connectivity index (χ4v) is 3.45. The highest BCUT2D eigenvalue weighted by Gasteiger charge is 2.25. The molecule has 0 spiro atoms. The molecule has 1 saturated carbocycles. The summed E-state index contributed by atoms with van der Waals surface area (Å²) in [6.45, 7) is 6.42. The van der Waals surface area contributed by atoms with E-state index >= 15 is 0 Å². The molecule has 2 rings (SSSR count). The highest BCUT2D eigenvalue weighted by atomic mass is 16.3. The van der Waals surface area contributed by atoms with Crippen LogP contribution in [0.4, 0.5) is 10.5 Å². The molecular weight excluding hydrogens is 288 g/mol. The van der Waals surface area contributed by atoms with Crippen LogP contribution in [0.1, 0.15) is 63.0 Å². The van der Waals surface area contributed by atoms with Gasteiger partial charge in [0.25, 0.3) is 0 Å². The molecule has 4 nitrogen and oxygen atoms in total. The van der Waals surface area contributed by atoms with Gasteiger partial charge in [-0.1, -0.05) is 51.3 Å². The van der Waals surface area contributed by atoms with Crippen molar-refractivity contribution >= 4 is 11.7 Å². The molecule has 0 aromatic heterocycles. The number of rotatable bonds is 4. The maximum atomic E-state index is 12.5. The lowest BCUT2D eigenvalue weighted by Gasteiger charge is -2.25. The molecule has 1 aromatic carbocycles. The monoisotopic (exact) mass is 318 g/mol. The Hall–Kier alpha value is -1.55. The summed E-state index contributed by atoms with van der Waals surface area (Å²) >= 11 is 0. The number of benzene rings is 1. The van der Waals surface area contributed by atoms with Gasteiger partial charge in [0.15, 0.2) is 0 Å². The lowest BCUT2D eigenvalue weighted by molar-refractivity contribution is 0.182. The number of amides is 2. The Kier molecular flexibility index (Phi) is 6.46. The van der Waals surface area contributed by atoms with E-state index < -0.39 is 0 Å². The van der Waals surface area contributed by atoms with Gasteiger partial charge in [-0.3, -0.25) is 0 Å². The van der Waals surface area contributed by atoms with Crippen molar-refractivity contribution in [1.82, 2.24) is 5.32 Å². The maximum absolute atomic E-state index is 12.5. The number of para-hydroxylation sites is 1. The molecule has 1 aliphatic rings. The Morgan fingerprint density at radius 2 is 2.00 bits per heavy atom. The van der Waals surface area contributed by atoms with Crippen LogP contribution in [0.3, 0.4) is 0 Å². The summed E-state index contributed by atoms with van der Waals surface area (Å²) in [5, 5.41) is 15.7. The summed E-state index contributed by atoms with van der Waals surface area (Å²) in [5.41, 5.74) is 3.14. The van der Waals surface area contributed by atoms with E-state index in [9.17, 15) is 9.90 Å². The van der Waals surface area contributed by atoms with Crippen molar-refractivity contribution in [3.8, 4) is 0 Å². The van der Waals surface area contributed by atoms with Crippen molar-refractivity contribution < 1.29 is 9.90 Å². The minimum absolute atomic E-state index is 0.0639. The largest absolute Gasteiger partial charge is 0.396 e. The highest BCUT2D eigenvalue weighted by Crippen LogP contribution is 2.28. The third-order valence-corrected chi connectivity index (χ3v) is 4.88. The summed E-state index contributed by atoms with van der Waals surface area (Å²) in [5.74, 6) is 0.526. The summed E-state index contributed by atoms with van der Waals surface area (Å²) in [4.78, 5) is 12.5. The second-order valence-corrected chi connectivity index (χ2v) is 6.98. The van der Waals surface area contributed by atoms with Crippen LogP contribution in [-0.2, 0) is 0 Å². The van der Waals surface area contributed by atoms with Crippen LogP contribution >= 0.6 is 0 Å². The van der Waals surface area contributed by atoms with E-state index in [2.05, 4.69) is 30.5 Å². The smallest absolute Gasteiger partial charge is 0.319 e. The van der Waals surface area contributed by atoms with Gasteiger partial charge >= 0.3 is 6.03 Å². The number of anilines is 1. The second-order valence-electron chi connectivity index (χ2n) is 6.98. The molecule has 0 heterocycles. The Balaban J connectivity index is 2.07. The highest BCUT2D eigenvalue weighted by molar-refractivity contribution is 5.91. The van der Waals surface area contributed by atoms with E-state index in [1.54, 1.807) is 0 Å². The first-order valence-corrected chi connectivity index (χ1v) is 8.80. The predicted molar refractivity (Wildman–Crippen MR) is 94.9 cm³/mol. The molecule has 0 aliphatic heterocycles. The SMILES string of the molecule is Cc1cccc(C(C)C)c1NC(=O)NC1CCCCCC1CO. The molecule has 0 bridgehead atoms. The average molecular weight is 318 g/mol. The normalized spacial score (nSPS) is 21.8. The van der Waals surface area contributed by atoms with Crippen LogP contribution in [0, 0.1) is 12.8 Å². The molecule has 2 atom stereocenters. The van der Waals surface area contributed by atoms with Gasteiger partial charge in [0.2, 0.25) is 0 Å². The van der Waals surface area contributed by atoms with Gasteiger partial charge in [0.1, 0.15) is 0 Å². The van der Waals surface area contributed by atoms with Crippen LogP contribution < -0.4 is 10.6 Å². The third kappa shape index (κ3) is 4.71. The zero-order chi connectivity index (χ0) is 16.8. The molecule has 0 radical (unpaired) electrons. The number of hydrogen-bond acceptors (Lipinski definition) is 2. The van der Waals surface area contributed by atoms with E-state index in [1.165, 1.54) is 6.42 Å². The molecule has 1 aromatic rings. The van der Waals surface area contributed by atoms with Crippen molar-refractivity contribution in [2.24, 2.45) is 5.92 Å². The fourth-order valence-electron chi connectivity index (χ4n) is 3.45. The Labute approximate surface area is 139 Å². The molecule has 0 saturated heterocycles. The number of nitrogens with one attached hydrogen (secondary N) is 2. The van der Waals surface area contributed by atoms with Gasteiger partial charge in [0.05, 0.1) is 0 Å². The fraction of sp³-hybridized carbons (Fsp3) is 0.632. The third-order valence-electron chi connectivity index (χ3n) is 4.88. The summed E-state index contributed by atoms with van der Waals surface area (Å²) < 4.78 is 0. The first kappa shape index (κ1) is 17.8. The molecule has 2 unspecified atom stereocenters. The van der Waals surface area contributed by atoms with Crippen LogP contribution in [-0.4, -0.2) is 23.8 Å². The molecule has 23 heavy (non-hydrogen) atoms. The van der Waals surface area contributed by atoms with Crippen LogP contribution in [0.2, 0.25) is 0 Å². The first-order valence-electron chi connectivity index (χ1n) is 8.80. The number of urea groups is 1. The Morgan fingerprint density at radius 3 is 2.70 bits per heavy atom. The van der Waals surface area contributed by atoms with Gasteiger partial charge in [-0.2, -0.15) is 0 Å². The van der Waals surface area contributed by atoms with Gasteiger partial charge < -0.3 is 15.7 Å². The van der Waals surface area contributed by atoms with Crippen LogP contribution in [0.15, 0.2) is 18.2 Å². The lowest BCUT2D eigenvalue weighted by Crippen LogP contribution is -2.43. The Morgan fingerprint density at radius 1 is 1.26 bits per heavy atom. The minimum Gasteiger partial charge on any atom is -0.396 e. The molecule has 3 N–H and O–H groups in total. The number of aliphatic hydroxyl groups is 1. The molecular formula is C19H30N2O2. The molecule has 1 aliphatic carbocycles. The van der Waals surface area contributed by atoms with E-state index in [0.717, 1.165) is 42.5 Å². The zero-order valence-electron chi connectivity index (χ0n) is 14.6. The lowest BCUT2D eigenvalue weighted by atomic mass is 9.95. The van der Waals surface area contributed by atoms with Crippen molar-refractivity contribution in [3.05, 3.63) is 29.3 Å². The first-order chi connectivity index (χ1) is 11.0. The predicted octanol–water partition coefficient (Wildman–Crippen LogP) is 4.18. The minimum atomic E-state index is -0.161. The van der Waals surface area contributed by atoms with E-state index in [1.807, 2.05) is 19.1 Å². The second kappa shape index (κ2) is 8.34. The molecule has 1 fully saturated rings. The van der Waals surface area contributed by atoms with Crippen molar-refractivity contribution in [3.63, 3.8) is 0 Å². The van der Waals surface area contributed by atoms with E-state index in [-0.39, 0.29) is 24.6 Å². The summed E-state index contributed by atoms with van der Waals surface area (Å²) in [7, 11) is 0. The van der Waals surface area contributed by atoms with Crippen molar-refractivity contribution in [2.75, 3.05) is 11.9 Å². The topological polar surface area (TPSA) is 61.4 Å². The van der Waals surface area contributed by atoms with Gasteiger partial charge in [-0.25, -0.2) is 4.79 Å². The average Bonchev–Trinajstić information content (AvgIpc) is 2.74. The number of hydrogen-bond donors (Lipinski definition) is 3. The van der Waals surface area contributed by atoms with Crippen molar-refractivity contribution in [1.29, 1.82) is 0 Å². The number of aliphatic hydroxyl groups excluding tert-OH is 1. The van der Waals surface area contributed by atoms with Gasteiger partial charge in [-0.15, -0.1) is 0 Å². The van der Waals surface area contributed by atoms with Crippen LogP contribution in [0.5, 0.6) is 0 Å². The zero-order valence-corrected chi connectivity index (χ0v) is 14.6. The number of carbonyl (C=O) groups is 1. The van der Waals surface area contributed by atoms with E-state index in [0.29, 0.717) is 5.92 Å². The summed E-state index contributed by atoms with van der Waals surface area (Å²) in [6.07, 6.45) is 5.38. The quantitative estimate of drug-likeness (QED) is 0.729. The molecule has 4 heteroatoms. The van der Waals surface area contributed by atoms with Gasteiger partial charge in [-0.05, 0) is 36.8 Å². The summed E-state index contributed by atoms with van der Waals surface area (Å²) in [6, 6.07) is 6.01.